The summed E-state index contributed by atoms with van der Waals surface area (Å²) < 4.78 is 10.7. The van der Waals surface area contributed by atoms with Gasteiger partial charge in [-0.15, -0.1) is 0 Å². The zero-order valence-corrected chi connectivity index (χ0v) is 19.5. The highest BCUT2D eigenvalue weighted by Crippen LogP contribution is 2.21. The van der Waals surface area contributed by atoms with Crippen LogP contribution in [0.1, 0.15) is 108 Å². The Morgan fingerprint density at radius 1 is 0.733 bits per heavy atom. The standard InChI is InChI=1S/C26H42O4/c1-4-5-6-7-8-9-10-11-12-13-14-21-29-25(27)19-16-20-26(28)30-24-18-15-17-22(2)23(24)3/h15,17-18H,4-14,16,19-21H2,1-3H3. The summed E-state index contributed by atoms with van der Waals surface area (Å²) in [5.74, 6) is 0.0718. The summed E-state index contributed by atoms with van der Waals surface area (Å²) in [4.78, 5) is 23.7. The van der Waals surface area contributed by atoms with Gasteiger partial charge < -0.3 is 9.47 Å². The summed E-state index contributed by atoms with van der Waals surface area (Å²) in [6, 6.07) is 5.65. The monoisotopic (exact) mass is 418 g/mol. The van der Waals surface area contributed by atoms with Crippen LogP contribution in [0, 0.1) is 13.8 Å². The molecule has 0 atom stereocenters. The quantitative estimate of drug-likeness (QED) is 0.152. The van der Waals surface area contributed by atoms with Crippen LogP contribution in [0.25, 0.3) is 0 Å². The lowest BCUT2D eigenvalue weighted by molar-refractivity contribution is -0.144. The molecule has 0 saturated heterocycles. The van der Waals surface area contributed by atoms with E-state index in [-0.39, 0.29) is 24.8 Å². The number of unbranched alkanes of at least 4 members (excludes halogenated alkanes) is 10. The van der Waals surface area contributed by atoms with E-state index in [9.17, 15) is 9.59 Å². The van der Waals surface area contributed by atoms with Crippen molar-refractivity contribution < 1.29 is 19.1 Å². The van der Waals surface area contributed by atoms with Crippen molar-refractivity contribution in [3.63, 3.8) is 0 Å². The first-order valence-electron chi connectivity index (χ1n) is 12.0. The minimum absolute atomic E-state index is 0.221. The minimum atomic E-state index is -0.304. The maximum Gasteiger partial charge on any atom is 0.311 e. The lowest BCUT2D eigenvalue weighted by Crippen LogP contribution is -2.11. The Kier molecular flexibility index (Phi) is 14.8. The van der Waals surface area contributed by atoms with Crippen LogP contribution in [0.4, 0.5) is 0 Å². The van der Waals surface area contributed by atoms with Crippen molar-refractivity contribution in [1.82, 2.24) is 0 Å². The number of carbonyl (C=O) groups excluding carboxylic acids is 2. The molecule has 1 aromatic carbocycles. The number of ether oxygens (including phenoxy) is 2. The smallest absolute Gasteiger partial charge is 0.311 e. The second kappa shape index (κ2) is 16.9. The van der Waals surface area contributed by atoms with Crippen LogP contribution < -0.4 is 4.74 Å². The van der Waals surface area contributed by atoms with E-state index in [4.69, 9.17) is 9.47 Å². The van der Waals surface area contributed by atoms with E-state index < -0.39 is 0 Å². The fraction of sp³-hybridized carbons (Fsp3) is 0.692. The van der Waals surface area contributed by atoms with E-state index in [1.165, 1.54) is 57.8 Å². The van der Waals surface area contributed by atoms with Gasteiger partial charge in [0.05, 0.1) is 6.61 Å². The molecule has 0 bridgehead atoms. The number of carbonyl (C=O) groups is 2. The van der Waals surface area contributed by atoms with Gasteiger partial charge in [-0.1, -0.05) is 83.3 Å². The molecule has 0 heterocycles. The van der Waals surface area contributed by atoms with Crippen LogP contribution in [-0.2, 0) is 14.3 Å². The Morgan fingerprint density at radius 2 is 1.30 bits per heavy atom. The van der Waals surface area contributed by atoms with Gasteiger partial charge in [-0.2, -0.15) is 0 Å². The number of hydrogen-bond acceptors (Lipinski definition) is 4. The van der Waals surface area contributed by atoms with Gasteiger partial charge in [-0.25, -0.2) is 0 Å². The summed E-state index contributed by atoms with van der Waals surface area (Å²) in [6.45, 7) is 6.66. The third-order valence-corrected chi connectivity index (χ3v) is 5.55. The average molecular weight is 419 g/mol. The van der Waals surface area contributed by atoms with Gasteiger partial charge in [-0.3, -0.25) is 9.59 Å². The van der Waals surface area contributed by atoms with Crippen LogP contribution in [0.3, 0.4) is 0 Å². The fourth-order valence-corrected chi connectivity index (χ4v) is 3.41. The lowest BCUT2D eigenvalue weighted by Gasteiger charge is -2.09. The van der Waals surface area contributed by atoms with Crippen LogP contribution in [0.2, 0.25) is 0 Å². The molecule has 0 aliphatic carbocycles. The van der Waals surface area contributed by atoms with Crippen molar-refractivity contribution in [2.75, 3.05) is 6.61 Å². The van der Waals surface area contributed by atoms with Gasteiger partial charge in [-0.05, 0) is 43.9 Å². The van der Waals surface area contributed by atoms with Crippen molar-refractivity contribution in [1.29, 1.82) is 0 Å². The van der Waals surface area contributed by atoms with Gasteiger partial charge in [0.2, 0.25) is 0 Å². The highest BCUT2D eigenvalue weighted by Gasteiger charge is 2.10. The normalized spacial score (nSPS) is 10.8. The second-order valence-electron chi connectivity index (χ2n) is 8.28. The Bertz CT molecular complexity index is 609. The van der Waals surface area contributed by atoms with Gasteiger partial charge in [0.1, 0.15) is 5.75 Å². The molecule has 0 aromatic heterocycles. The van der Waals surface area contributed by atoms with E-state index in [0.29, 0.717) is 18.8 Å². The molecule has 4 heteroatoms. The first-order valence-corrected chi connectivity index (χ1v) is 12.0. The molecule has 1 aromatic rings. The summed E-state index contributed by atoms with van der Waals surface area (Å²) in [5.41, 5.74) is 2.06. The van der Waals surface area contributed by atoms with Gasteiger partial charge in [0.15, 0.2) is 0 Å². The molecule has 0 aliphatic rings. The van der Waals surface area contributed by atoms with E-state index >= 15 is 0 Å². The molecule has 0 aliphatic heterocycles. The van der Waals surface area contributed by atoms with Crippen LogP contribution >= 0.6 is 0 Å². The molecule has 4 nitrogen and oxygen atoms in total. The summed E-state index contributed by atoms with van der Waals surface area (Å²) in [7, 11) is 0. The first kappa shape index (κ1) is 26.2. The number of hydrogen-bond donors (Lipinski definition) is 0. The van der Waals surface area contributed by atoms with Gasteiger partial charge in [0, 0.05) is 12.8 Å². The lowest BCUT2D eigenvalue weighted by atomic mass is 10.1. The number of rotatable bonds is 17. The SMILES string of the molecule is CCCCCCCCCCCCCOC(=O)CCCC(=O)Oc1cccc(C)c1C. The number of benzene rings is 1. The van der Waals surface area contributed by atoms with Crippen molar-refractivity contribution in [2.24, 2.45) is 0 Å². The highest BCUT2D eigenvalue weighted by molar-refractivity contribution is 5.74. The van der Waals surface area contributed by atoms with Crippen LogP contribution in [0.15, 0.2) is 18.2 Å². The Balaban J connectivity index is 1.95. The predicted molar refractivity (Wildman–Crippen MR) is 123 cm³/mol. The predicted octanol–water partition coefficient (Wildman–Crippen LogP) is 7.23. The first-order chi connectivity index (χ1) is 14.5. The molecule has 0 saturated carbocycles. The van der Waals surface area contributed by atoms with E-state index in [1.807, 2.05) is 26.0 Å². The largest absolute Gasteiger partial charge is 0.466 e. The van der Waals surface area contributed by atoms with Gasteiger partial charge >= 0.3 is 11.9 Å². The molecule has 0 spiro atoms. The number of aryl methyl sites for hydroxylation is 1. The molecule has 0 radical (unpaired) electrons. The molecule has 0 fully saturated rings. The van der Waals surface area contributed by atoms with Crippen molar-refractivity contribution in [2.45, 2.75) is 111 Å². The molecule has 30 heavy (non-hydrogen) atoms. The third-order valence-electron chi connectivity index (χ3n) is 5.55. The van der Waals surface area contributed by atoms with Crippen molar-refractivity contribution >= 4 is 11.9 Å². The fourth-order valence-electron chi connectivity index (χ4n) is 3.41. The maximum absolute atomic E-state index is 12.0. The molecule has 1 rings (SSSR count). The van der Waals surface area contributed by atoms with Crippen molar-refractivity contribution in [3.05, 3.63) is 29.3 Å². The van der Waals surface area contributed by atoms with Crippen LogP contribution in [0.5, 0.6) is 5.75 Å². The van der Waals surface area contributed by atoms with E-state index in [1.54, 1.807) is 6.07 Å². The minimum Gasteiger partial charge on any atom is -0.466 e. The molecule has 0 N–H and O–H groups in total. The second-order valence-corrected chi connectivity index (χ2v) is 8.28. The van der Waals surface area contributed by atoms with Gasteiger partial charge in [0.25, 0.3) is 0 Å². The Morgan fingerprint density at radius 3 is 1.93 bits per heavy atom. The maximum atomic E-state index is 12.0. The summed E-state index contributed by atoms with van der Waals surface area (Å²) in [6.07, 6.45) is 15.0. The third kappa shape index (κ3) is 12.7. The van der Waals surface area contributed by atoms with Crippen LogP contribution in [-0.4, -0.2) is 18.5 Å². The Labute approximate surface area is 183 Å². The summed E-state index contributed by atoms with van der Waals surface area (Å²) in [5, 5.41) is 0. The molecular formula is C26H42O4. The van der Waals surface area contributed by atoms with E-state index in [0.717, 1.165) is 24.0 Å². The van der Waals surface area contributed by atoms with E-state index in [2.05, 4.69) is 6.92 Å². The van der Waals surface area contributed by atoms with Crippen molar-refractivity contribution in [3.8, 4) is 5.75 Å². The topological polar surface area (TPSA) is 52.6 Å². The Hall–Kier alpha value is -1.84. The molecular weight excluding hydrogens is 376 g/mol. The zero-order chi connectivity index (χ0) is 22.0. The summed E-state index contributed by atoms with van der Waals surface area (Å²) >= 11 is 0. The average Bonchev–Trinajstić information content (AvgIpc) is 2.72. The molecule has 0 unspecified atom stereocenters. The highest BCUT2D eigenvalue weighted by atomic mass is 16.5. The molecule has 170 valence electrons. The molecule has 0 amide bonds. The number of esters is 2. The zero-order valence-electron chi connectivity index (χ0n) is 19.5.